The normalized spacial score (nSPS) is 12.4. The first-order chi connectivity index (χ1) is 7.72. The highest BCUT2D eigenvalue weighted by Gasteiger charge is 2.04. The molecule has 1 unspecified atom stereocenters. The van der Waals surface area contributed by atoms with Gasteiger partial charge >= 0.3 is 0 Å². The molecule has 0 fully saturated rings. The lowest BCUT2D eigenvalue weighted by Crippen LogP contribution is -2.26. The first-order valence-electron chi connectivity index (χ1n) is 5.70. The fourth-order valence-electron chi connectivity index (χ4n) is 1.36. The molecule has 4 heteroatoms. The van der Waals surface area contributed by atoms with Crippen molar-refractivity contribution in [1.29, 1.82) is 0 Å². The topological polar surface area (TPSA) is 55.1 Å². The van der Waals surface area contributed by atoms with Crippen LogP contribution in [0.3, 0.4) is 0 Å². The standard InChI is InChI=1S/C12H20N2OS/c1-10(8-13)2-3-12(15)14-6-4-11-5-7-16-9-11/h5,7,9-10H,2-4,6,8,13H2,1H3,(H,14,15). The SMILES string of the molecule is CC(CN)CCC(=O)NCCc1ccsc1. The van der Waals surface area contributed by atoms with Gasteiger partial charge in [0.15, 0.2) is 0 Å². The van der Waals surface area contributed by atoms with Crippen LogP contribution in [0.25, 0.3) is 0 Å². The minimum atomic E-state index is 0.135. The van der Waals surface area contributed by atoms with Crippen molar-refractivity contribution in [2.24, 2.45) is 11.7 Å². The van der Waals surface area contributed by atoms with E-state index in [2.05, 4.69) is 29.1 Å². The van der Waals surface area contributed by atoms with Crippen LogP contribution in [-0.2, 0) is 11.2 Å². The van der Waals surface area contributed by atoms with E-state index in [1.165, 1.54) is 5.56 Å². The van der Waals surface area contributed by atoms with Gasteiger partial charge < -0.3 is 11.1 Å². The molecule has 0 saturated heterocycles. The number of carbonyl (C=O) groups is 1. The lowest BCUT2D eigenvalue weighted by atomic mass is 10.1. The molecule has 90 valence electrons. The molecule has 1 aromatic rings. The van der Waals surface area contributed by atoms with Crippen molar-refractivity contribution in [1.82, 2.24) is 5.32 Å². The second-order valence-electron chi connectivity index (χ2n) is 4.11. The summed E-state index contributed by atoms with van der Waals surface area (Å²) in [5.41, 5.74) is 6.78. The Labute approximate surface area is 101 Å². The summed E-state index contributed by atoms with van der Waals surface area (Å²) in [6, 6.07) is 2.09. The van der Waals surface area contributed by atoms with Crippen LogP contribution in [-0.4, -0.2) is 19.0 Å². The molecule has 0 bridgehead atoms. The second-order valence-corrected chi connectivity index (χ2v) is 4.89. The van der Waals surface area contributed by atoms with E-state index in [1.807, 2.05) is 0 Å². The first-order valence-corrected chi connectivity index (χ1v) is 6.64. The monoisotopic (exact) mass is 240 g/mol. The molecule has 0 aromatic carbocycles. The van der Waals surface area contributed by atoms with Crippen LogP contribution in [0.15, 0.2) is 16.8 Å². The van der Waals surface area contributed by atoms with E-state index in [0.717, 1.165) is 19.4 Å². The molecule has 0 aliphatic rings. The summed E-state index contributed by atoms with van der Waals surface area (Å²) >= 11 is 1.69. The van der Waals surface area contributed by atoms with Gasteiger partial charge in [-0.25, -0.2) is 0 Å². The number of hydrogen-bond donors (Lipinski definition) is 2. The van der Waals surface area contributed by atoms with E-state index in [9.17, 15) is 4.79 Å². The molecule has 0 radical (unpaired) electrons. The summed E-state index contributed by atoms with van der Waals surface area (Å²) in [5.74, 6) is 0.568. The summed E-state index contributed by atoms with van der Waals surface area (Å²) in [6.45, 7) is 3.45. The van der Waals surface area contributed by atoms with E-state index in [-0.39, 0.29) is 5.91 Å². The third-order valence-electron chi connectivity index (χ3n) is 2.58. The van der Waals surface area contributed by atoms with E-state index < -0.39 is 0 Å². The zero-order valence-corrected chi connectivity index (χ0v) is 10.6. The van der Waals surface area contributed by atoms with Gasteiger partial charge in [0, 0.05) is 13.0 Å². The lowest BCUT2D eigenvalue weighted by Gasteiger charge is -2.08. The van der Waals surface area contributed by atoms with E-state index in [1.54, 1.807) is 11.3 Å². The minimum Gasteiger partial charge on any atom is -0.356 e. The smallest absolute Gasteiger partial charge is 0.220 e. The van der Waals surface area contributed by atoms with Crippen LogP contribution >= 0.6 is 11.3 Å². The van der Waals surface area contributed by atoms with Crippen molar-refractivity contribution in [2.45, 2.75) is 26.2 Å². The lowest BCUT2D eigenvalue weighted by molar-refractivity contribution is -0.121. The van der Waals surface area contributed by atoms with E-state index in [4.69, 9.17) is 5.73 Å². The highest BCUT2D eigenvalue weighted by atomic mass is 32.1. The van der Waals surface area contributed by atoms with Crippen molar-refractivity contribution in [2.75, 3.05) is 13.1 Å². The minimum absolute atomic E-state index is 0.135. The Kier molecular flexibility index (Phi) is 6.11. The molecule has 16 heavy (non-hydrogen) atoms. The second kappa shape index (κ2) is 7.41. The molecule has 3 N–H and O–H groups in total. The third kappa shape index (κ3) is 5.28. The molecule has 1 heterocycles. The van der Waals surface area contributed by atoms with Crippen LogP contribution in [0.4, 0.5) is 0 Å². The fraction of sp³-hybridized carbons (Fsp3) is 0.583. The molecule has 0 aliphatic carbocycles. The fourth-order valence-corrected chi connectivity index (χ4v) is 2.07. The maximum atomic E-state index is 11.4. The Bertz CT molecular complexity index is 298. The van der Waals surface area contributed by atoms with Gasteiger partial charge in [-0.1, -0.05) is 6.92 Å². The Morgan fingerprint density at radius 3 is 3.06 bits per heavy atom. The van der Waals surface area contributed by atoms with Crippen LogP contribution in [0, 0.1) is 5.92 Å². The van der Waals surface area contributed by atoms with Gasteiger partial charge in [-0.05, 0) is 47.7 Å². The van der Waals surface area contributed by atoms with Gasteiger partial charge in [-0.2, -0.15) is 11.3 Å². The Balaban J connectivity index is 2.06. The largest absolute Gasteiger partial charge is 0.356 e. The molecule has 0 aliphatic heterocycles. The quantitative estimate of drug-likeness (QED) is 0.763. The van der Waals surface area contributed by atoms with Gasteiger partial charge in [-0.15, -0.1) is 0 Å². The van der Waals surface area contributed by atoms with Crippen LogP contribution in [0.2, 0.25) is 0 Å². The van der Waals surface area contributed by atoms with Crippen LogP contribution < -0.4 is 11.1 Å². The van der Waals surface area contributed by atoms with Crippen molar-refractivity contribution >= 4 is 17.2 Å². The Morgan fingerprint density at radius 2 is 2.44 bits per heavy atom. The molecule has 1 atom stereocenters. The molecule has 1 amide bonds. The third-order valence-corrected chi connectivity index (χ3v) is 3.31. The summed E-state index contributed by atoms with van der Waals surface area (Å²) in [4.78, 5) is 11.4. The van der Waals surface area contributed by atoms with Gasteiger partial charge in [0.05, 0.1) is 0 Å². The van der Waals surface area contributed by atoms with Crippen LogP contribution in [0.1, 0.15) is 25.3 Å². The predicted molar refractivity (Wildman–Crippen MR) is 68.5 cm³/mol. The number of rotatable bonds is 7. The first kappa shape index (κ1) is 13.2. The average molecular weight is 240 g/mol. The van der Waals surface area contributed by atoms with Crippen molar-refractivity contribution in [3.05, 3.63) is 22.4 Å². The number of thiophene rings is 1. The number of nitrogens with one attached hydrogen (secondary N) is 1. The number of amides is 1. The van der Waals surface area contributed by atoms with Crippen molar-refractivity contribution in [3.8, 4) is 0 Å². The van der Waals surface area contributed by atoms with Gasteiger partial charge in [0.25, 0.3) is 0 Å². The average Bonchev–Trinajstić information content (AvgIpc) is 2.79. The van der Waals surface area contributed by atoms with Crippen molar-refractivity contribution < 1.29 is 4.79 Å². The number of nitrogens with two attached hydrogens (primary N) is 1. The Hall–Kier alpha value is -0.870. The summed E-state index contributed by atoms with van der Waals surface area (Å²) in [6.07, 6.45) is 2.38. The van der Waals surface area contributed by atoms with Gasteiger partial charge in [0.2, 0.25) is 5.91 Å². The van der Waals surface area contributed by atoms with Gasteiger partial charge in [-0.3, -0.25) is 4.79 Å². The van der Waals surface area contributed by atoms with E-state index >= 15 is 0 Å². The maximum Gasteiger partial charge on any atom is 0.220 e. The summed E-state index contributed by atoms with van der Waals surface area (Å²) in [5, 5.41) is 7.09. The summed E-state index contributed by atoms with van der Waals surface area (Å²) < 4.78 is 0. The number of hydrogen-bond acceptors (Lipinski definition) is 3. The van der Waals surface area contributed by atoms with Crippen molar-refractivity contribution in [3.63, 3.8) is 0 Å². The zero-order valence-electron chi connectivity index (χ0n) is 9.74. The van der Waals surface area contributed by atoms with E-state index in [0.29, 0.717) is 18.9 Å². The van der Waals surface area contributed by atoms with Crippen LogP contribution in [0.5, 0.6) is 0 Å². The zero-order chi connectivity index (χ0) is 11.8. The maximum absolute atomic E-state index is 11.4. The predicted octanol–water partition coefficient (Wildman–Crippen LogP) is 1.78. The molecule has 1 rings (SSSR count). The molecule has 3 nitrogen and oxygen atoms in total. The summed E-state index contributed by atoms with van der Waals surface area (Å²) in [7, 11) is 0. The highest BCUT2D eigenvalue weighted by molar-refractivity contribution is 7.07. The molecular weight excluding hydrogens is 220 g/mol. The molecule has 1 aromatic heterocycles. The van der Waals surface area contributed by atoms with Gasteiger partial charge in [0.1, 0.15) is 0 Å². The highest BCUT2D eigenvalue weighted by Crippen LogP contribution is 2.06. The Morgan fingerprint density at radius 1 is 1.62 bits per heavy atom. The number of carbonyl (C=O) groups excluding carboxylic acids is 1. The molecular formula is C12H20N2OS. The molecule has 0 spiro atoms. The molecule has 0 saturated carbocycles.